The normalized spacial score (nSPS) is 12.5. The zero-order valence-corrected chi connectivity index (χ0v) is 7.76. The third-order valence-corrected chi connectivity index (χ3v) is 2.02. The van der Waals surface area contributed by atoms with Crippen LogP contribution >= 0.6 is 11.6 Å². The quantitative estimate of drug-likeness (QED) is 0.744. The highest BCUT2D eigenvalue weighted by molar-refractivity contribution is 6.30. The van der Waals surface area contributed by atoms with Crippen molar-refractivity contribution in [3.8, 4) is 0 Å². The molecule has 1 rings (SSSR count). The van der Waals surface area contributed by atoms with E-state index in [1.807, 2.05) is 0 Å². The molecule has 0 saturated carbocycles. The minimum atomic E-state index is -0.704. The number of benzene rings is 1. The fourth-order valence-corrected chi connectivity index (χ4v) is 1.13. The number of halogens is 2. The Bertz CT molecular complexity index is 312. The third-order valence-electron chi connectivity index (χ3n) is 1.72. The summed E-state index contributed by atoms with van der Waals surface area (Å²) in [5, 5.41) is 9.52. The summed E-state index contributed by atoms with van der Waals surface area (Å²) >= 11 is 5.49. The SMILES string of the molecule is C=CCC(O)c1ccc(Cl)c(F)c1. The molecule has 1 unspecified atom stereocenters. The summed E-state index contributed by atoms with van der Waals surface area (Å²) in [4.78, 5) is 0. The summed E-state index contributed by atoms with van der Waals surface area (Å²) in [5.41, 5.74) is 0.516. The summed E-state index contributed by atoms with van der Waals surface area (Å²) in [6, 6.07) is 4.26. The van der Waals surface area contributed by atoms with Gasteiger partial charge >= 0.3 is 0 Å². The molecule has 0 heterocycles. The zero-order valence-electron chi connectivity index (χ0n) is 7.00. The molecule has 0 radical (unpaired) electrons. The molecule has 3 heteroatoms. The van der Waals surface area contributed by atoms with Crippen molar-refractivity contribution < 1.29 is 9.50 Å². The molecular formula is C10H10ClFO. The van der Waals surface area contributed by atoms with E-state index in [0.29, 0.717) is 12.0 Å². The van der Waals surface area contributed by atoms with Gasteiger partial charge < -0.3 is 5.11 Å². The molecule has 1 N–H and O–H groups in total. The first kappa shape index (κ1) is 10.2. The molecule has 0 saturated heterocycles. The van der Waals surface area contributed by atoms with Crippen LogP contribution in [0.25, 0.3) is 0 Å². The monoisotopic (exact) mass is 200 g/mol. The van der Waals surface area contributed by atoms with Crippen molar-refractivity contribution in [1.82, 2.24) is 0 Å². The molecule has 0 amide bonds. The van der Waals surface area contributed by atoms with E-state index in [2.05, 4.69) is 6.58 Å². The van der Waals surface area contributed by atoms with Crippen LogP contribution < -0.4 is 0 Å². The minimum absolute atomic E-state index is 0.0644. The molecule has 1 nitrogen and oxygen atoms in total. The largest absolute Gasteiger partial charge is 0.388 e. The van der Waals surface area contributed by atoms with Gasteiger partial charge in [-0.3, -0.25) is 0 Å². The van der Waals surface area contributed by atoms with Crippen LogP contribution in [0.1, 0.15) is 18.1 Å². The topological polar surface area (TPSA) is 20.2 Å². The lowest BCUT2D eigenvalue weighted by molar-refractivity contribution is 0.181. The number of rotatable bonds is 3. The van der Waals surface area contributed by atoms with Crippen LogP contribution in [0.4, 0.5) is 4.39 Å². The lowest BCUT2D eigenvalue weighted by atomic mass is 10.1. The zero-order chi connectivity index (χ0) is 9.84. The Balaban J connectivity index is 2.89. The summed E-state index contributed by atoms with van der Waals surface area (Å²) < 4.78 is 12.9. The fraction of sp³-hybridized carbons (Fsp3) is 0.200. The van der Waals surface area contributed by atoms with Gasteiger partial charge in [-0.25, -0.2) is 4.39 Å². The third kappa shape index (κ3) is 2.54. The van der Waals surface area contributed by atoms with Gasteiger partial charge in [0.15, 0.2) is 0 Å². The molecule has 0 aliphatic carbocycles. The van der Waals surface area contributed by atoms with Gasteiger partial charge in [0.05, 0.1) is 11.1 Å². The fourth-order valence-electron chi connectivity index (χ4n) is 1.01. The van der Waals surface area contributed by atoms with Crippen LogP contribution in [-0.4, -0.2) is 5.11 Å². The van der Waals surface area contributed by atoms with Crippen molar-refractivity contribution in [3.63, 3.8) is 0 Å². The first-order valence-electron chi connectivity index (χ1n) is 3.89. The van der Waals surface area contributed by atoms with Crippen molar-refractivity contribution in [2.24, 2.45) is 0 Å². The van der Waals surface area contributed by atoms with Crippen molar-refractivity contribution in [2.45, 2.75) is 12.5 Å². The molecule has 0 aliphatic heterocycles. The molecule has 13 heavy (non-hydrogen) atoms. The van der Waals surface area contributed by atoms with Gasteiger partial charge in [-0.15, -0.1) is 6.58 Å². The second-order valence-electron chi connectivity index (χ2n) is 2.71. The number of hydrogen-bond acceptors (Lipinski definition) is 1. The molecule has 0 aromatic heterocycles. The summed E-state index contributed by atoms with van der Waals surface area (Å²) in [5.74, 6) is -0.512. The number of aliphatic hydroxyl groups excluding tert-OH is 1. The molecule has 0 spiro atoms. The Kier molecular flexibility index (Phi) is 3.46. The molecular weight excluding hydrogens is 191 g/mol. The average Bonchev–Trinajstić information content (AvgIpc) is 2.10. The van der Waals surface area contributed by atoms with Gasteiger partial charge in [-0.1, -0.05) is 23.7 Å². The maximum Gasteiger partial charge on any atom is 0.142 e. The first-order valence-corrected chi connectivity index (χ1v) is 4.27. The van der Waals surface area contributed by atoms with E-state index in [1.54, 1.807) is 12.1 Å². The van der Waals surface area contributed by atoms with Crippen molar-refractivity contribution in [1.29, 1.82) is 0 Å². The van der Waals surface area contributed by atoms with Gasteiger partial charge in [0, 0.05) is 0 Å². The van der Waals surface area contributed by atoms with E-state index in [0.717, 1.165) is 0 Å². The van der Waals surface area contributed by atoms with Crippen molar-refractivity contribution in [3.05, 3.63) is 47.3 Å². The summed E-state index contributed by atoms with van der Waals surface area (Å²) in [7, 11) is 0. The second-order valence-corrected chi connectivity index (χ2v) is 3.12. The summed E-state index contributed by atoms with van der Waals surface area (Å²) in [6.07, 6.45) is 1.28. The van der Waals surface area contributed by atoms with Gasteiger partial charge in [-0.05, 0) is 24.1 Å². The summed E-state index contributed by atoms with van der Waals surface area (Å²) in [6.45, 7) is 3.49. The minimum Gasteiger partial charge on any atom is -0.388 e. The molecule has 0 fully saturated rings. The van der Waals surface area contributed by atoms with Crippen LogP contribution in [0.15, 0.2) is 30.9 Å². The van der Waals surface area contributed by atoms with Crippen molar-refractivity contribution >= 4 is 11.6 Å². The Hall–Kier alpha value is -0.860. The highest BCUT2D eigenvalue weighted by Crippen LogP contribution is 2.22. The van der Waals surface area contributed by atoms with Crippen LogP contribution in [-0.2, 0) is 0 Å². The molecule has 1 atom stereocenters. The highest BCUT2D eigenvalue weighted by Gasteiger charge is 2.07. The molecule has 0 aliphatic rings. The maximum atomic E-state index is 12.9. The first-order chi connectivity index (χ1) is 6.15. The van der Waals surface area contributed by atoms with E-state index >= 15 is 0 Å². The van der Waals surface area contributed by atoms with Crippen LogP contribution in [0.5, 0.6) is 0 Å². The van der Waals surface area contributed by atoms with E-state index in [-0.39, 0.29) is 5.02 Å². The average molecular weight is 201 g/mol. The van der Waals surface area contributed by atoms with Crippen LogP contribution in [0, 0.1) is 5.82 Å². The number of aliphatic hydroxyl groups is 1. The highest BCUT2D eigenvalue weighted by atomic mass is 35.5. The Morgan fingerprint density at radius 1 is 1.62 bits per heavy atom. The maximum absolute atomic E-state index is 12.9. The van der Waals surface area contributed by atoms with Gasteiger partial charge in [0.25, 0.3) is 0 Å². The Morgan fingerprint density at radius 3 is 2.85 bits per heavy atom. The lowest BCUT2D eigenvalue weighted by Gasteiger charge is -2.08. The van der Waals surface area contributed by atoms with E-state index in [1.165, 1.54) is 12.1 Å². The van der Waals surface area contributed by atoms with E-state index < -0.39 is 11.9 Å². The number of hydrogen-bond donors (Lipinski definition) is 1. The Morgan fingerprint density at radius 2 is 2.31 bits per heavy atom. The molecule has 1 aromatic rings. The molecule has 0 bridgehead atoms. The van der Waals surface area contributed by atoms with Crippen LogP contribution in [0.2, 0.25) is 5.02 Å². The van der Waals surface area contributed by atoms with Crippen LogP contribution in [0.3, 0.4) is 0 Å². The van der Waals surface area contributed by atoms with Gasteiger partial charge in [-0.2, -0.15) is 0 Å². The molecule has 70 valence electrons. The van der Waals surface area contributed by atoms with E-state index in [4.69, 9.17) is 11.6 Å². The van der Waals surface area contributed by atoms with Gasteiger partial charge in [0.2, 0.25) is 0 Å². The molecule has 1 aromatic carbocycles. The second kappa shape index (κ2) is 4.40. The van der Waals surface area contributed by atoms with Gasteiger partial charge in [0.1, 0.15) is 5.82 Å². The predicted octanol–water partition coefficient (Wildman–Crippen LogP) is 3.09. The van der Waals surface area contributed by atoms with Crippen molar-refractivity contribution in [2.75, 3.05) is 0 Å². The standard InChI is InChI=1S/C10H10ClFO/c1-2-3-10(13)7-4-5-8(11)9(12)6-7/h2,4-6,10,13H,1,3H2. The lowest BCUT2D eigenvalue weighted by Crippen LogP contribution is -1.96. The predicted molar refractivity (Wildman–Crippen MR) is 51.2 cm³/mol. The smallest absolute Gasteiger partial charge is 0.142 e. The Labute approximate surface area is 81.5 Å². The van der Waals surface area contributed by atoms with E-state index in [9.17, 15) is 9.50 Å².